The molecular weight excluding hydrogens is 482 g/mol. The van der Waals surface area contributed by atoms with E-state index in [2.05, 4.69) is 43.5 Å². The van der Waals surface area contributed by atoms with Crippen LogP contribution in [0.15, 0.2) is 61.1 Å². The van der Waals surface area contributed by atoms with Crippen molar-refractivity contribution in [2.24, 2.45) is 5.41 Å². The molecule has 0 spiro atoms. The molecule has 8 heteroatoms. The number of rotatable bonds is 6. The number of hydrogen-bond acceptors (Lipinski definition) is 4. The van der Waals surface area contributed by atoms with Gasteiger partial charge in [0.15, 0.2) is 5.11 Å². The number of pyridine rings is 1. The van der Waals surface area contributed by atoms with Crippen molar-refractivity contribution in [2.45, 2.75) is 64.6 Å². The summed E-state index contributed by atoms with van der Waals surface area (Å²) in [5.74, 6) is 0.514. The van der Waals surface area contributed by atoms with Gasteiger partial charge in [0.2, 0.25) is 5.91 Å². The zero-order valence-electron chi connectivity index (χ0n) is 21.9. The number of aromatic nitrogens is 2. The molecule has 194 valence electrons. The second-order valence-electron chi connectivity index (χ2n) is 10.9. The van der Waals surface area contributed by atoms with Crippen LogP contribution < -0.4 is 20.3 Å². The fraction of sp³-hybridized carbons (Fsp3) is 0.414. The minimum Gasteiger partial charge on any atom is -0.494 e. The first-order valence-electron chi connectivity index (χ1n) is 12.9. The van der Waals surface area contributed by atoms with Gasteiger partial charge in [-0.2, -0.15) is 0 Å². The monoisotopic (exact) mass is 517 g/mol. The van der Waals surface area contributed by atoms with Crippen LogP contribution in [0.1, 0.15) is 75.8 Å². The summed E-state index contributed by atoms with van der Waals surface area (Å²) in [5.41, 5.74) is 3.12. The van der Waals surface area contributed by atoms with Gasteiger partial charge in [-0.05, 0) is 61.0 Å². The van der Waals surface area contributed by atoms with E-state index in [9.17, 15) is 4.79 Å². The van der Waals surface area contributed by atoms with Gasteiger partial charge in [0.05, 0.1) is 30.6 Å². The molecule has 1 aliphatic carbocycles. The first kappa shape index (κ1) is 25.3. The lowest BCUT2D eigenvalue weighted by molar-refractivity contribution is -0.123. The summed E-state index contributed by atoms with van der Waals surface area (Å²) in [6.07, 6.45) is 11.3. The van der Waals surface area contributed by atoms with Crippen LogP contribution in [0.5, 0.6) is 5.75 Å². The van der Waals surface area contributed by atoms with E-state index in [0.717, 1.165) is 11.4 Å². The highest BCUT2D eigenvalue weighted by atomic mass is 32.1. The van der Waals surface area contributed by atoms with Crippen LogP contribution in [0.4, 0.5) is 11.4 Å². The number of thiocarbonyl (C=S) groups is 1. The highest BCUT2D eigenvalue weighted by molar-refractivity contribution is 7.80. The fourth-order valence-electron chi connectivity index (χ4n) is 5.25. The topological polar surface area (TPSA) is 71.4 Å². The van der Waals surface area contributed by atoms with E-state index in [1.54, 1.807) is 7.11 Å². The molecule has 37 heavy (non-hydrogen) atoms. The summed E-state index contributed by atoms with van der Waals surface area (Å²) in [5, 5.41) is 7.15. The summed E-state index contributed by atoms with van der Waals surface area (Å²) in [6.45, 7) is 5.66. The van der Waals surface area contributed by atoms with Crippen molar-refractivity contribution in [1.82, 2.24) is 14.9 Å². The Labute approximate surface area is 224 Å². The van der Waals surface area contributed by atoms with Crippen LogP contribution in [-0.4, -0.2) is 27.7 Å². The second-order valence-corrected chi connectivity index (χ2v) is 11.3. The summed E-state index contributed by atoms with van der Waals surface area (Å²) in [4.78, 5) is 19.4. The predicted molar refractivity (Wildman–Crippen MR) is 151 cm³/mol. The second kappa shape index (κ2) is 10.2. The Morgan fingerprint density at radius 2 is 1.95 bits per heavy atom. The van der Waals surface area contributed by atoms with Crippen molar-refractivity contribution in [1.29, 1.82) is 0 Å². The van der Waals surface area contributed by atoms with Crippen LogP contribution in [-0.2, 0) is 4.79 Å². The van der Waals surface area contributed by atoms with Crippen molar-refractivity contribution in [3.05, 3.63) is 72.3 Å². The molecule has 3 aromatic rings. The van der Waals surface area contributed by atoms with Crippen molar-refractivity contribution < 1.29 is 9.53 Å². The molecule has 1 aliphatic heterocycles. The molecule has 3 heterocycles. The predicted octanol–water partition coefficient (Wildman–Crippen LogP) is 6.17. The van der Waals surface area contributed by atoms with Crippen LogP contribution in [0, 0.1) is 5.41 Å². The summed E-state index contributed by atoms with van der Waals surface area (Å²) in [7, 11) is 1.61. The molecule has 2 N–H and O–H groups in total. The highest BCUT2D eigenvalue weighted by Gasteiger charge is 2.41. The molecule has 2 fully saturated rings. The largest absolute Gasteiger partial charge is 0.494 e. The molecular formula is C29H35N5O2S. The number of ether oxygens (including phenoxy) is 1. The number of nitrogens with one attached hydrogen (secondary N) is 2. The Kier molecular flexibility index (Phi) is 6.94. The molecule has 1 aromatic carbocycles. The molecule has 1 amide bonds. The summed E-state index contributed by atoms with van der Waals surface area (Å²) >= 11 is 5.89. The minimum atomic E-state index is -0.516. The van der Waals surface area contributed by atoms with Gasteiger partial charge in [-0.15, -0.1) is 0 Å². The maximum absolute atomic E-state index is 12.6. The Balaban J connectivity index is 1.53. The number of hydrogen-bond donors (Lipinski definition) is 2. The number of anilines is 2. The molecule has 7 nitrogen and oxygen atoms in total. The van der Waals surface area contributed by atoms with Crippen molar-refractivity contribution in [2.75, 3.05) is 17.3 Å². The molecule has 0 bridgehead atoms. The quantitative estimate of drug-likeness (QED) is 0.381. The molecule has 2 aliphatic rings. The van der Waals surface area contributed by atoms with Crippen molar-refractivity contribution in [3.8, 4) is 5.75 Å². The SMILES string of the molecule is COc1cc(N2C(=S)N[C@@H](c3ccccn3)[C@H]2c2ccn(C3CCCC3)c2)ccc1NC(=O)C(C)(C)C. The lowest BCUT2D eigenvalue weighted by Gasteiger charge is -2.28. The third-order valence-electron chi connectivity index (χ3n) is 7.32. The third kappa shape index (κ3) is 5.07. The number of methoxy groups -OCH3 is 1. The van der Waals surface area contributed by atoms with Gasteiger partial charge >= 0.3 is 0 Å². The van der Waals surface area contributed by atoms with E-state index in [0.29, 0.717) is 22.6 Å². The Bertz CT molecular complexity index is 1280. The van der Waals surface area contributed by atoms with E-state index >= 15 is 0 Å². The molecule has 2 aromatic heterocycles. The van der Waals surface area contributed by atoms with E-state index < -0.39 is 5.41 Å². The zero-order chi connectivity index (χ0) is 26.2. The third-order valence-corrected chi connectivity index (χ3v) is 7.63. The van der Waals surface area contributed by atoms with Crippen LogP contribution in [0.3, 0.4) is 0 Å². The Hall–Kier alpha value is -3.39. The van der Waals surface area contributed by atoms with E-state index in [1.807, 2.05) is 63.4 Å². The number of carbonyl (C=O) groups is 1. The van der Waals surface area contributed by atoms with Gasteiger partial charge in [0, 0.05) is 41.8 Å². The first-order valence-corrected chi connectivity index (χ1v) is 13.3. The maximum Gasteiger partial charge on any atom is 0.229 e. The molecule has 0 unspecified atom stereocenters. The van der Waals surface area contributed by atoms with Crippen molar-refractivity contribution >= 4 is 34.6 Å². The Morgan fingerprint density at radius 3 is 2.62 bits per heavy atom. The van der Waals surface area contributed by atoms with Crippen molar-refractivity contribution in [3.63, 3.8) is 0 Å². The van der Waals surface area contributed by atoms with E-state index in [1.165, 1.54) is 31.2 Å². The standard InChI is InChI=1S/C29H35N5O2S/c1-29(2,3)27(35)31-22-13-12-21(17-24(22)36-4)34-26(19-14-16-33(18-19)20-9-5-6-10-20)25(32-28(34)37)23-11-7-8-15-30-23/h7-8,11-18,20,25-26H,5-6,9-10H2,1-4H3,(H,31,35)(H,32,37)/t25-,26+/m0/s1. The van der Waals surface area contributed by atoms with Gasteiger partial charge in [-0.25, -0.2) is 0 Å². The number of nitrogens with zero attached hydrogens (tertiary/aromatic N) is 3. The molecule has 2 atom stereocenters. The highest BCUT2D eigenvalue weighted by Crippen LogP contribution is 2.44. The average Bonchev–Trinajstić information content (AvgIpc) is 3.64. The van der Waals surface area contributed by atoms with Gasteiger partial charge < -0.3 is 24.8 Å². The lowest BCUT2D eigenvalue weighted by atomic mass is 9.95. The number of carbonyl (C=O) groups excluding carboxylic acids is 1. The van der Waals surface area contributed by atoms with Gasteiger partial charge in [-0.3, -0.25) is 9.78 Å². The van der Waals surface area contributed by atoms with Gasteiger partial charge in [0.25, 0.3) is 0 Å². The van der Waals surface area contributed by atoms with Crippen LogP contribution in [0.25, 0.3) is 0 Å². The van der Waals surface area contributed by atoms with Gasteiger partial charge in [-0.1, -0.05) is 39.7 Å². The Morgan fingerprint density at radius 1 is 1.16 bits per heavy atom. The summed E-state index contributed by atoms with van der Waals surface area (Å²) in [6, 6.07) is 14.3. The average molecular weight is 518 g/mol. The maximum atomic E-state index is 12.6. The lowest BCUT2D eigenvalue weighted by Crippen LogP contribution is -2.30. The molecule has 1 saturated heterocycles. The summed E-state index contributed by atoms with van der Waals surface area (Å²) < 4.78 is 8.06. The molecule has 0 radical (unpaired) electrons. The smallest absolute Gasteiger partial charge is 0.229 e. The molecule has 1 saturated carbocycles. The first-order chi connectivity index (χ1) is 17.8. The number of amides is 1. The minimum absolute atomic E-state index is 0.0711. The van der Waals surface area contributed by atoms with E-state index in [-0.39, 0.29) is 18.0 Å². The number of benzene rings is 1. The fourth-order valence-corrected chi connectivity index (χ4v) is 5.60. The molecule has 5 rings (SSSR count). The zero-order valence-corrected chi connectivity index (χ0v) is 22.7. The van der Waals surface area contributed by atoms with Crippen LogP contribution in [0.2, 0.25) is 0 Å². The van der Waals surface area contributed by atoms with Gasteiger partial charge in [0.1, 0.15) is 5.75 Å². The van der Waals surface area contributed by atoms with Crippen LogP contribution >= 0.6 is 12.2 Å². The van der Waals surface area contributed by atoms with E-state index in [4.69, 9.17) is 17.0 Å². The normalized spacial score (nSPS) is 20.2.